The third-order valence-corrected chi connectivity index (χ3v) is 8.40. The van der Waals surface area contributed by atoms with Crippen LogP contribution in [0.1, 0.15) is 77.4 Å². The van der Waals surface area contributed by atoms with Crippen LogP contribution in [0.25, 0.3) is 11.0 Å². The molecule has 4 unspecified atom stereocenters. The molecule has 10 nitrogen and oxygen atoms in total. The van der Waals surface area contributed by atoms with Gasteiger partial charge in [-0.1, -0.05) is 64.4 Å². The fraction of sp³-hybridized carbons (Fsp3) is 0.515. The highest BCUT2D eigenvalue weighted by atomic mass is 35.5. The van der Waals surface area contributed by atoms with E-state index in [1.54, 1.807) is 37.3 Å². The normalized spacial score (nSPS) is 15.2. The highest BCUT2D eigenvalue weighted by Crippen LogP contribution is 2.41. The van der Waals surface area contributed by atoms with Gasteiger partial charge in [-0.25, -0.2) is 14.2 Å². The van der Waals surface area contributed by atoms with Gasteiger partial charge in [0.2, 0.25) is 11.8 Å². The van der Waals surface area contributed by atoms with Crippen LogP contribution >= 0.6 is 11.6 Å². The van der Waals surface area contributed by atoms with Gasteiger partial charge in [0.25, 0.3) is 0 Å². The van der Waals surface area contributed by atoms with Crippen molar-refractivity contribution in [2.75, 3.05) is 27.4 Å². The Morgan fingerprint density at radius 3 is 2.33 bits per heavy atom. The number of benzene rings is 2. The smallest absolute Gasteiger partial charge is 0.407 e. The van der Waals surface area contributed by atoms with Crippen LogP contribution in [0.15, 0.2) is 36.4 Å². The number of likely N-dealkylation sites (N-methyl/N-ethyl adjacent to an activating group) is 1. The first-order valence-corrected chi connectivity index (χ1v) is 15.3. The summed E-state index contributed by atoms with van der Waals surface area (Å²) < 4.78 is 25.0. The predicted molar refractivity (Wildman–Crippen MR) is 173 cm³/mol. The van der Waals surface area contributed by atoms with Crippen LogP contribution in [0.3, 0.4) is 0 Å². The number of rotatable bonds is 12. The van der Waals surface area contributed by atoms with Gasteiger partial charge in [0.15, 0.2) is 0 Å². The highest BCUT2D eigenvalue weighted by molar-refractivity contribution is 6.31. The summed E-state index contributed by atoms with van der Waals surface area (Å²) in [7, 11) is 2.77. The number of methoxy groups -OCH3 is 2. The monoisotopic (exact) mass is 645 g/mol. The molecule has 0 saturated carbocycles. The van der Waals surface area contributed by atoms with Crippen molar-refractivity contribution in [3.05, 3.63) is 64.2 Å². The number of carbonyl (C=O) groups excluding carboxylic acids is 3. The van der Waals surface area contributed by atoms with E-state index < -0.39 is 40.7 Å². The van der Waals surface area contributed by atoms with Crippen molar-refractivity contribution in [3.63, 3.8) is 0 Å². The number of nitrogens with one attached hydrogen (secondary N) is 4. The summed E-state index contributed by atoms with van der Waals surface area (Å²) in [4.78, 5) is 47.4. The Bertz CT molecular complexity index is 1520. The number of amides is 3. The summed E-state index contributed by atoms with van der Waals surface area (Å²) in [5, 5.41) is 8.58. The minimum atomic E-state index is -1.18. The molecule has 0 saturated heterocycles. The third kappa shape index (κ3) is 7.94. The quantitative estimate of drug-likeness (QED) is 0.198. The topological polar surface area (TPSA) is 134 Å². The largest absolute Gasteiger partial charge is 0.453 e. The molecular formula is C33H45ClFN5O5. The second kappa shape index (κ2) is 14.6. The molecule has 0 aliphatic heterocycles. The molecule has 1 heterocycles. The maximum Gasteiger partial charge on any atom is 0.407 e. The second-order valence-electron chi connectivity index (χ2n) is 12.8. The second-order valence-corrected chi connectivity index (χ2v) is 13.2. The minimum Gasteiger partial charge on any atom is -0.453 e. The lowest BCUT2D eigenvalue weighted by atomic mass is 9.80. The molecule has 3 rings (SSSR count). The number of halogens is 2. The SMILES string of the molecule is CCNC(=O)C(NC(=O)C(C)(COC)c1ccc2nc(C(NC(=O)OC)C(c3cccc(F)c3Cl)C(C)C)[nH]c2c1)C(C)(C)C. The maximum absolute atomic E-state index is 14.5. The zero-order chi connectivity index (χ0) is 33.7. The number of fused-ring (bicyclic) bond motifs is 1. The number of nitrogens with zero attached hydrogens (tertiary/aromatic N) is 1. The zero-order valence-corrected chi connectivity index (χ0v) is 28.2. The first kappa shape index (κ1) is 35.8. The van der Waals surface area contributed by atoms with Crippen LogP contribution < -0.4 is 16.0 Å². The van der Waals surface area contributed by atoms with Gasteiger partial charge in [-0.05, 0) is 54.5 Å². The molecule has 45 heavy (non-hydrogen) atoms. The van der Waals surface area contributed by atoms with Crippen LogP contribution in [0.4, 0.5) is 9.18 Å². The first-order chi connectivity index (χ1) is 21.1. The lowest BCUT2D eigenvalue weighted by Gasteiger charge is -2.35. The molecule has 246 valence electrons. The van der Waals surface area contributed by atoms with Crippen molar-refractivity contribution >= 4 is 40.5 Å². The molecule has 0 fully saturated rings. The molecule has 0 bridgehead atoms. The average molecular weight is 646 g/mol. The molecule has 0 radical (unpaired) electrons. The Kier molecular flexibility index (Phi) is 11.6. The van der Waals surface area contributed by atoms with Crippen LogP contribution in [-0.4, -0.2) is 61.3 Å². The number of alkyl carbamates (subject to hydrolysis) is 1. The summed E-state index contributed by atoms with van der Waals surface area (Å²) in [6.07, 6.45) is -0.691. The lowest BCUT2D eigenvalue weighted by molar-refractivity contribution is -0.135. The number of ether oxygens (including phenoxy) is 2. The molecule has 4 N–H and O–H groups in total. The summed E-state index contributed by atoms with van der Waals surface area (Å²) in [5.41, 5.74) is 0.582. The number of aromatic nitrogens is 2. The molecule has 4 atom stereocenters. The van der Waals surface area contributed by atoms with Crippen LogP contribution in [0, 0.1) is 17.2 Å². The van der Waals surface area contributed by atoms with Crippen LogP contribution in [-0.2, 0) is 24.5 Å². The number of hydrogen-bond donors (Lipinski definition) is 4. The van der Waals surface area contributed by atoms with Crippen molar-refractivity contribution in [2.45, 2.75) is 71.9 Å². The molecule has 3 aromatic rings. The van der Waals surface area contributed by atoms with E-state index >= 15 is 0 Å². The summed E-state index contributed by atoms with van der Waals surface area (Å²) in [6, 6.07) is 8.38. The fourth-order valence-corrected chi connectivity index (χ4v) is 5.80. The summed E-state index contributed by atoms with van der Waals surface area (Å²) in [5.74, 6) is -1.41. The fourth-order valence-electron chi connectivity index (χ4n) is 5.55. The maximum atomic E-state index is 14.5. The number of aromatic amines is 1. The van der Waals surface area contributed by atoms with E-state index in [4.69, 9.17) is 26.1 Å². The summed E-state index contributed by atoms with van der Waals surface area (Å²) >= 11 is 6.42. The number of carbonyl (C=O) groups is 3. The van der Waals surface area contributed by atoms with Gasteiger partial charge in [-0.2, -0.15) is 0 Å². The van der Waals surface area contributed by atoms with Crippen LogP contribution in [0.5, 0.6) is 0 Å². The van der Waals surface area contributed by atoms with Gasteiger partial charge in [0, 0.05) is 19.6 Å². The Balaban J connectivity index is 2.11. The van der Waals surface area contributed by atoms with Crippen LogP contribution in [0.2, 0.25) is 5.02 Å². The van der Waals surface area contributed by atoms with Gasteiger partial charge in [0.1, 0.15) is 17.7 Å². The summed E-state index contributed by atoms with van der Waals surface area (Å²) in [6.45, 7) is 13.6. The van der Waals surface area contributed by atoms with Crippen molar-refractivity contribution in [2.24, 2.45) is 11.3 Å². The first-order valence-electron chi connectivity index (χ1n) is 14.9. The Morgan fingerprint density at radius 2 is 1.76 bits per heavy atom. The zero-order valence-electron chi connectivity index (χ0n) is 27.4. The molecule has 3 amide bonds. The van der Waals surface area contributed by atoms with Crippen molar-refractivity contribution in [1.82, 2.24) is 25.9 Å². The third-order valence-electron chi connectivity index (χ3n) is 8.00. The molecular weight excluding hydrogens is 601 g/mol. The van der Waals surface area contributed by atoms with Crippen molar-refractivity contribution in [1.29, 1.82) is 0 Å². The number of imidazole rings is 1. The van der Waals surface area contributed by atoms with Gasteiger partial charge in [0.05, 0.1) is 41.2 Å². The standard InChI is InChI=1S/C33H45ClFN5O5/c1-10-36-29(41)27(32(4,5)6)40-30(42)33(7,17-44-8)19-14-15-22-23(16-19)38-28(37-22)26(39-31(43)45-9)24(18(2)3)20-12-11-13-21(35)25(20)34/h11-16,18,24,26-27H,10,17H2,1-9H3,(H,36,41)(H,37,38)(H,39,43)(H,40,42). The van der Waals surface area contributed by atoms with Gasteiger partial charge in [-0.3, -0.25) is 9.59 Å². The molecule has 0 aliphatic rings. The van der Waals surface area contributed by atoms with Crippen molar-refractivity contribution in [3.8, 4) is 0 Å². The molecule has 2 aromatic carbocycles. The number of hydrogen-bond acceptors (Lipinski definition) is 6. The van der Waals surface area contributed by atoms with Gasteiger partial charge in [-0.15, -0.1) is 0 Å². The Hall–Kier alpha value is -3.70. The molecule has 0 aliphatic carbocycles. The van der Waals surface area contributed by atoms with E-state index in [1.807, 2.05) is 41.5 Å². The van der Waals surface area contributed by atoms with E-state index in [9.17, 15) is 18.8 Å². The Labute approximate surface area is 269 Å². The Morgan fingerprint density at radius 1 is 1.07 bits per heavy atom. The lowest BCUT2D eigenvalue weighted by Crippen LogP contribution is -2.58. The molecule has 1 aromatic heterocycles. The highest BCUT2D eigenvalue weighted by Gasteiger charge is 2.41. The van der Waals surface area contributed by atoms with Crippen molar-refractivity contribution < 1.29 is 28.2 Å². The molecule has 0 spiro atoms. The van der Waals surface area contributed by atoms with Gasteiger partial charge >= 0.3 is 6.09 Å². The van der Waals surface area contributed by atoms with E-state index in [-0.39, 0.29) is 29.4 Å². The van der Waals surface area contributed by atoms with E-state index in [0.717, 1.165) is 0 Å². The van der Waals surface area contributed by atoms with Gasteiger partial charge < -0.3 is 30.4 Å². The molecule has 12 heteroatoms. The average Bonchev–Trinajstić information content (AvgIpc) is 3.40. The number of H-pyrrole nitrogens is 1. The van der Waals surface area contributed by atoms with E-state index in [1.165, 1.54) is 20.3 Å². The minimum absolute atomic E-state index is 0.0335. The van der Waals surface area contributed by atoms with E-state index in [0.29, 0.717) is 34.5 Å². The predicted octanol–water partition coefficient (Wildman–Crippen LogP) is 5.76. The van der Waals surface area contributed by atoms with E-state index in [2.05, 4.69) is 20.9 Å².